The number of amides is 1. The lowest BCUT2D eigenvalue weighted by Gasteiger charge is -2.14. The van der Waals surface area contributed by atoms with Crippen molar-refractivity contribution >= 4 is 5.91 Å². The lowest BCUT2D eigenvalue weighted by atomic mass is 10.1. The molecule has 4 heteroatoms. The van der Waals surface area contributed by atoms with Crippen LogP contribution in [0.3, 0.4) is 0 Å². The minimum absolute atomic E-state index is 0.0353. The maximum Gasteiger partial charge on any atom is 0.258 e. The molecule has 1 unspecified atom stereocenters. The first-order valence-corrected chi connectivity index (χ1v) is 7.56. The Labute approximate surface area is 131 Å². The second-order valence-corrected chi connectivity index (χ2v) is 5.62. The van der Waals surface area contributed by atoms with Crippen molar-refractivity contribution in [3.05, 3.63) is 53.5 Å². The second-order valence-electron chi connectivity index (χ2n) is 5.62. The van der Waals surface area contributed by atoms with Gasteiger partial charge in [0.25, 0.3) is 5.91 Å². The Hall–Kier alpha value is -2.23. The molecule has 1 aromatic carbocycles. The van der Waals surface area contributed by atoms with E-state index in [-0.39, 0.29) is 18.6 Å². The van der Waals surface area contributed by atoms with E-state index in [4.69, 9.17) is 9.15 Å². The fourth-order valence-electron chi connectivity index (χ4n) is 2.15. The van der Waals surface area contributed by atoms with Crippen molar-refractivity contribution in [3.8, 4) is 5.75 Å². The molecule has 0 aliphatic heterocycles. The minimum atomic E-state index is -0.106. The van der Waals surface area contributed by atoms with E-state index < -0.39 is 0 Å². The number of furan rings is 1. The van der Waals surface area contributed by atoms with E-state index in [0.717, 1.165) is 29.9 Å². The molecule has 0 saturated heterocycles. The predicted octanol–water partition coefficient (Wildman–Crippen LogP) is 3.41. The van der Waals surface area contributed by atoms with Crippen LogP contribution in [0.15, 0.2) is 41.0 Å². The molecular weight excluding hydrogens is 278 g/mol. The highest BCUT2D eigenvalue weighted by Gasteiger charge is 2.09. The summed E-state index contributed by atoms with van der Waals surface area (Å²) in [6.45, 7) is 6.09. The second kappa shape index (κ2) is 7.69. The van der Waals surface area contributed by atoms with Crippen LogP contribution in [0.2, 0.25) is 0 Å². The highest BCUT2D eigenvalue weighted by atomic mass is 16.5. The Morgan fingerprint density at radius 1 is 1.27 bits per heavy atom. The van der Waals surface area contributed by atoms with E-state index in [0.29, 0.717) is 0 Å². The van der Waals surface area contributed by atoms with Gasteiger partial charge >= 0.3 is 0 Å². The molecular formula is C18H23NO3. The maximum atomic E-state index is 11.9. The van der Waals surface area contributed by atoms with E-state index in [1.807, 2.05) is 51.1 Å². The molecule has 0 radical (unpaired) electrons. The van der Waals surface area contributed by atoms with Crippen molar-refractivity contribution in [1.29, 1.82) is 0 Å². The zero-order chi connectivity index (χ0) is 15.9. The molecule has 1 amide bonds. The summed E-state index contributed by atoms with van der Waals surface area (Å²) in [6, 6.07) is 9.72. The van der Waals surface area contributed by atoms with Gasteiger partial charge in [-0.1, -0.05) is 6.07 Å². The average molecular weight is 301 g/mol. The third kappa shape index (κ3) is 4.95. The molecule has 2 rings (SSSR count). The highest BCUT2D eigenvalue weighted by Crippen LogP contribution is 2.16. The number of carbonyl (C=O) groups excluding carboxylic acids is 1. The first-order chi connectivity index (χ1) is 10.5. The van der Waals surface area contributed by atoms with Crippen molar-refractivity contribution in [2.45, 2.75) is 39.7 Å². The normalized spacial score (nSPS) is 12.0. The summed E-state index contributed by atoms with van der Waals surface area (Å²) in [5.41, 5.74) is 2.37. The molecule has 1 atom stereocenters. The Kier molecular flexibility index (Phi) is 5.64. The van der Waals surface area contributed by atoms with Gasteiger partial charge in [-0.2, -0.15) is 0 Å². The number of rotatable bonds is 7. The van der Waals surface area contributed by atoms with Gasteiger partial charge in [0.1, 0.15) is 11.5 Å². The molecule has 4 nitrogen and oxygen atoms in total. The Bertz CT molecular complexity index is 605. The van der Waals surface area contributed by atoms with E-state index in [9.17, 15) is 4.79 Å². The minimum Gasteiger partial charge on any atom is -0.484 e. The van der Waals surface area contributed by atoms with Crippen LogP contribution in [0.4, 0.5) is 0 Å². The molecule has 118 valence electrons. The Balaban J connectivity index is 1.71. The number of hydrogen-bond acceptors (Lipinski definition) is 3. The van der Waals surface area contributed by atoms with Crippen molar-refractivity contribution in [3.63, 3.8) is 0 Å². The van der Waals surface area contributed by atoms with E-state index in [1.54, 1.807) is 6.26 Å². The molecule has 0 aliphatic carbocycles. The number of aryl methyl sites for hydroxylation is 3. The van der Waals surface area contributed by atoms with Gasteiger partial charge in [0.2, 0.25) is 0 Å². The molecule has 2 aromatic rings. The van der Waals surface area contributed by atoms with Crippen LogP contribution >= 0.6 is 0 Å². The van der Waals surface area contributed by atoms with Gasteiger partial charge in [0, 0.05) is 12.5 Å². The monoisotopic (exact) mass is 301 g/mol. The van der Waals surface area contributed by atoms with Crippen LogP contribution in [0.1, 0.15) is 30.2 Å². The largest absolute Gasteiger partial charge is 0.484 e. The lowest BCUT2D eigenvalue weighted by molar-refractivity contribution is -0.123. The zero-order valence-electron chi connectivity index (χ0n) is 13.4. The SMILES string of the molecule is Cc1ccc(OCC(=O)NC(C)CCc2ccco2)cc1C. The Morgan fingerprint density at radius 3 is 2.77 bits per heavy atom. The predicted molar refractivity (Wildman–Crippen MR) is 86.0 cm³/mol. The van der Waals surface area contributed by atoms with Crippen LogP contribution in [-0.2, 0) is 11.2 Å². The summed E-state index contributed by atoms with van der Waals surface area (Å²) >= 11 is 0. The topological polar surface area (TPSA) is 51.5 Å². The summed E-state index contributed by atoms with van der Waals surface area (Å²) in [5.74, 6) is 1.55. The van der Waals surface area contributed by atoms with Crippen LogP contribution in [0.5, 0.6) is 5.75 Å². The maximum absolute atomic E-state index is 11.9. The van der Waals surface area contributed by atoms with Gasteiger partial charge in [-0.05, 0) is 62.6 Å². The average Bonchev–Trinajstić information content (AvgIpc) is 3.00. The fourth-order valence-corrected chi connectivity index (χ4v) is 2.15. The molecule has 1 heterocycles. The Morgan fingerprint density at radius 2 is 2.09 bits per heavy atom. The fraction of sp³-hybridized carbons (Fsp3) is 0.389. The molecule has 22 heavy (non-hydrogen) atoms. The van der Waals surface area contributed by atoms with Crippen molar-refractivity contribution in [2.24, 2.45) is 0 Å². The molecule has 0 spiro atoms. The van der Waals surface area contributed by atoms with Gasteiger partial charge < -0.3 is 14.5 Å². The van der Waals surface area contributed by atoms with Crippen molar-refractivity contribution < 1.29 is 13.9 Å². The molecule has 0 bridgehead atoms. The molecule has 0 fully saturated rings. The molecule has 0 saturated carbocycles. The molecule has 1 aromatic heterocycles. The van der Waals surface area contributed by atoms with Crippen molar-refractivity contribution in [2.75, 3.05) is 6.61 Å². The van der Waals surface area contributed by atoms with Crippen LogP contribution < -0.4 is 10.1 Å². The first kappa shape index (κ1) is 16.1. The smallest absolute Gasteiger partial charge is 0.258 e. The van der Waals surface area contributed by atoms with E-state index in [1.165, 1.54) is 5.56 Å². The van der Waals surface area contributed by atoms with E-state index in [2.05, 4.69) is 5.32 Å². The summed E-state index contributed by atoms with van der Waals surface area (Å²) in [6.07, 6.45) is 3.31. The van der Waals surface area contributed by atoms with Crippen LogP contribution in [0.25, 0.3) is 0 Å². The summed E-state index contributed by atoms with van der Waals surface area (Å²) in [7, 11) is 0. The summed E-state index contributed by atoms with van der Waals surface area (Å²) in [4.78, 5) is 11.9. The zero-order valence-corrected chi connectivity index (χ0v) is 13.4. The molecule has 1 N–H and O–H groups in total. The standard InChI is InChI=1S/C18H23NO3/c1-13-6-8-17(11-14(13)2)22-12-18(20)19-15(3)7-9-16-5-4-10-21-16/h4-6,8,10-11,15H,7,9,12H2,1-3H3,(H,19,20). The van der Waals surface area contributed by atoms with E-state index >= 15 is 0 Å². The number of ether oxygens (including phenoxy) is 1. The number of benzene rings is 1. The van der Waals surface area contributed by atoms with Gasteiger partial charge in [-0.25, -0.2) is 0 Å². The third-order valence-electron chi connectivity index (χ3n) is 3.66. The van der Waals surface area contributed by atoms with Crippen LogP contribution in [0, 0.1) is 13.8 Å². The lowest BCUT2D eigenvalue weighted by Crippen LogP contribution is -2.36. The summed E-state index contributed by atoms with van der Waals surface area (Å²) in [5, 5.41) is 2.93. The number of nitrogens with one attached hydrogen (secondary N) is 1. The first-order valence-electron chi connectivity index (χ1n) is 7.56. The van der Waals surface area contributed by atoms with Gasteiger partial charge in [-0.15, -0.1) is 0 Å². The highest BCUT2D eigenvalue weighted by molar-refractivity contribution is 5.77. The van der Waals surface area contributed by atoms with Crippen LogP contribution in [-0.4, -0.2) is 18.6 Å². The summed E-state index contributed by atoms with van der Waals surface area (Å²) < 4.78 is 10.8. The number of carbonyl (C=O) groups is 1. The molecule has 0 aliphatic rings. The van der Waals surface area contributed by atoms with Gasteiger partial charge in [-0.3, -0.25) is 4.79 Å². The van der Waals surface area contributed by atoms with Crippen molar-refractivity contribution in [1.82, 2.24) is 5.32 Å². The van der Waals surface area contributed by atoms with Gasteiger partial charge in [0.05, 0.1) is 6.26 Å². The quantitative estimate of drug-likeness (QED) is 0.852. The number of hydrogen-bond donors (Lipinski definition) is 1. The van der Waals surface area contributed by atoms with Gasteiger partial charge in [0.15, 0.2) is 6.61 Å². The third-order valence-corrected chi connectivity index (χ3v) is 3.66.